The Morgan fingerprint density at radius 3 is 2.55 bits per heavy atom. The normalized spacial score (nSPS) is 11.1. The molecule has 0 bridgehead atoms. The maximum Gasteiger partial charge on any atom is 0.132 e. The Hall–Kier alpha value is -1.52. The number of aromatic nitrogens is 2. The summed E-state index contributed by atoms with van der Waals surface area (Å²) in [4.78, 5) is 8.62. The first kappa shape index (κ1) is 14.9. The van der Waals surface area contributed by atoms with Gasteiger partial charge in [0.25, 0.3) is 0 Å². The predicted molar refractivity (Wildman–Crippen MR) is 78.2 cm³/mol. The molecule has 3 nitrogen and oxygen atoms in total. The highest BCUT2D eigenvalue weighted by molar-refractivity contribution is 6.31. The summed E-state index contributed by atoms with van der Waals surface area (Å²) >= 11 is 5.99. The van der Waals surface area contributed by atoms with Crippen molar-refractivity contribution in [1.82, 2.24) is 15.3 Å². The molecule has 0 unspecified atom stereocenters. The van der Waals surface area contributed by atoms with Crippen molar-refractivity contribution in [3.63, 3.8) is 0 Å². The molecule has 0 saturated heterocycles. The van der Waals surface area contributed by atoms with Gasteiger partial charge in [-0.05, 0) is 17.7 Å². The summed E-state index contributed by atoms with van der Waals surface area (Å²) in [6.07, 6.45) is 4.10. The zero-order valence-corrected chi connectivity index (χ0v) is 12.3. The smallest absolute Gasteiger partial charge is 0.132 e. The van der Waals surface area contributed by atoms with Crippen molar-refractivity contribution in [2.45, 2.75) is 32.9 Å². The van der Waals surface area contributed by atoms with Gasteiger partial charge in [0.15, 0.2) is 0 Å². The predicted octanol–water partition coefficient (Wildman–Crippen LogP) is 3.36. The number of halogens is 2. The second kappa shape index (κ2) is 6.77. The number of nitrogens with one attached hydrogen (secondary N) is 1. The molecule has 0 aliphatic heterocycles. The highest BCUT2D eigenvalue weighted by Crippen LogP contribution is 2.19. The minimum Gasteiger partial charge on any atom is -0.310 e. The van der Waals surface area contributed by atoms with Crippen LogP contribution in [0.2, 0.25) is 5.02 Å². The van der Waals surface area contributed by atoms with Gasteiger partial charge >= 0.3 is 0 Å². The van der Waals surface area contributed by atoms with Crippen molar-refractivity contribution in [2.24, 2.45) is 0 Å². The number of nitrogens with zero attached hydrogens (tertiary/aromatic N) is 2. The van der Waals surface area contributed by atoms with Crippen LogP contribution in [0.5, 0.6) is 0 Å². The number of rotatable bonds is 5. The molecule has 0 radical (unpaired) electrons. The zero-order valence-electron chi connectivity index (χ0n) is 11.5. The van der Waals surface area contributed by atoms with Crippen LogP contribution in [0.25, 0.3) is 0 Å². The van der Waals surface area contributed by atoms with E-state index in [1.54, 1.807) is 18.5 Å². The van der Waals surface area contributed by atoms with E-state index in [-0.39, 0.29) is 5.82 Å². The van der Waals surface area contributed by atoms with Gasteiger partial charge in [0.05, 0.1) is 0 Å². The first-order valence-corrected chi connectivity index (χ1v) is 6.89. The molecule has 1 heterocycles. The molecule has 0 fully saturated rings. The topological polar surface area (TPSA) is 37.8 Å². The van der Waals surface area contributed by atoms with Gasteiger partial charge < -0.3 is 5.32 Å². The summed E-state index contributed by atoms with van der Waals surface area (Å²) in [5.74, 6) is 0.335. The van der Waals surface area contributed by atoms with Gasteiger partial charge in [-0.15, -0.1) is 0 Å². The monoisotopic (exact) mass is 293 g/mol. The van der Waals surface area contributed by atoms with Crippen LogP contribution in [0.4, 0.5) is 4.39 Å². The highest BCUT2D eigenvalue weighted by atomic mass is 35.5. The van der Waals surface area contributed by atoms with Gasteiger partial charge in [-0.25, -0.2) is 14.4 Å². The van der Waals surface area contributed by atoms with Crippen LogP contribution < -0.4 is 5.32 Å². The minimum atomic E-state index is -0.338. The van der Waals surface area contributed by atoms with E-state index in [2.05, 4.69) is 29.1 Å². The fourth-order valence-electron chi connectivity index (χ4n) is 1.72. The summed E-state index contributed by atoms with van der Waals surface area (Å²) < 4.78 is 13.0. The molecular weight excluding hydrogens is 277 g/mol. The lowest BCUT2D eigenvalue weighted by Crippen LogP contribution is -2.22. The van der Waals surface area contributed by atoms with Crippen molar-refractivity contribution in [2.75, 3.05) is 0 Å². The zero-order chi connectivity index (χ0) is 14.5. The van der Waals surface area contributed by atoms with Crippen LogP contribution >= 0.6 is 11.6 Å². The number of benzene rings is 1. The van der Waals surface area contributed by atoms with E-state index in [9.17, 15) is 4.39 Å². The summed E-state index contributed by atoms with van der Waals surface area (Å²) in [7, 11) is 0. The van der Waals surface area contributed by atoms with Gasteiger partial charge in [0.2, 0.25) is 0 Å². The quantitative estimate of drug-likeness (QED) is 0.918. The lowest BCUT2D eigenvalue weighted by atomic mass is 10.1. The van der Waals surface area contributed by atoms with E-state index >= 15 is 0 Å². The molecule has 0 saturated carbocycles. The van der Waals surface area contributed by atoms with Gasteiger partial charge in [-0.1, -0.05) is 31.5 Å². The van der Waals surface area contributed by atoms with Gasteiger partial charge in [0, 0.05) is 42.0 Å². The van der Waals surface area contributed by atoms with E-state index in [1.807, 2.05) is 0 Å². The number of hydrogen-bond acceptors (Lipinski definition) is 3. The van der Waals surface area contributed by atoms with Crippen LogP contribution in [0.3, 0.4) is 0 Å². The molecule has 0 atom stereocenters. The number of hydrogen-bond donors (Lipinski definition) is 1. The molecule has 1 N–H and O–H groups in total. The van der Waals surface area contributed by atoms with E-state index in [0.29, 0.717) is 23.3 Å². The molecule has 2 rings (SSSR count). The largest absolute Gasteiger partial charge is 0.310 e. The molecule has 0 amide bonds. The molecule has 2 aromatic rings. The lowest BCUT2D eigenvalue weighted by molar-refractivity contribution is 0.586. The summed E-state index contributed by atoms with van der Waals surface area (Å²) in [5, 5.41) is 3.71. The van der Waals surface area contributed by atoms with E-state index in [1.165, 1.54) is 12.1 Å². The van der Waals surface area contributed by atoms with Crippen LogP contribution in [0, 0.1) is 5.82 Å². The third-order valence-electron chi connectivity index (χ3n) is 2.84. The summed E-state index contributed by atoms with van der Waals surface area (Å²) in [6, 6.07) is 4.78. The SMILES string of the molecule is CC(C)NCc1cnc(Cc2ccc(F)cc2Cl)nc1. The van der Waals surface area contributed by atoms with Crippen molar-refractivity contribution >= 4 is 11.6 Å². The fourth-order valence-corrected chi connectivity index (χ4v) is 1.96. The first-order valence-electron chi connectivity index (χ1n) is 6.51. The van der Waals surface area contributed by atoms with Gasteiger partial charge in [-0.3, -0.25) is 0 Å². The molecule has 1 aromatic carbocycles. The molecule has 0 aliphatic rings. The second-order valence-corrected chi connectivity index (χ2v) is 5.36. The first-order chi connectivity index (χ1) is 9.54. The molecule has 5 heteroatoms. The highest BCUT2D eigenvalue weighted by Gasteiger charge is 2.05. The Bertz CT molecular complexity index is 570. The molecule has 1 aromatic heterocycles. The van der Waals surface area contributed by atoms with Crippen molar-refractivity contribution in [1.29, 1.82) is 0 Å². The lowest BCUT2D eigenvalue weighted by Gasteiger charge is -2.08. The van der Waals surface area contributed by atoms with Gasteiger partial charge in [0.1, 0.15) is 11.6 Å². The van der Waals surface area contributed by atoms with Crippen molar-refractivity contribution in [3.8, 4) is 0 Å². The summed E-state index contributed by atoms with van der Waals surface area (Å²) in [5.41, 5.74) is 1.86. The Balaban J connectivity index is 2.03. The minimum absolute atomic E-state index is 0.338. The van der Waals surface area contributed by atoms with Crippen LogP contribution in [0.1, 0.15) is 30.8 Å². The third-order valence-corrected chi connectivity index (χ3v) is 3.19. The van der Waals surface area contributed by atoms with Crippen molar-refractivity contribution in [3.05, 3.63) is 58.4 Å². The van der Waals surface area contributed by atoms with Crippen molar-refractivity contribution < 1.29 is 4.39 Å². The van der Waals surface area contributed by atoms with Crippen LogP contribution in [0.15, 0.2) is 30.6 Å². The molecule has 106 valence electrons. The standard InChI is InChI=1S/C15H17ClFN3/c1-10(2)18-7-11-8-19-15(20-9-11)5-12-3-4-13(17)6-14(12)16/h3-4,6,8-10,18H,5,7H2,1-2H3. The Labute approximate surface area is 123 Å². The molecular formula is C15H17ClFN3. The van der Waals surface area contributed by atoms with E-state index < -0.39 is 0 Å². The van der Waals surface area contributed by atoms with Gasteiger partial charge in [-0.2, -0.15) is 0 Å². The Kier molecular flexibility index (Phi) is 5.04. The Morgan fingerprint density at radius 2 is 1.95 bits per heavy atom. The average molecular weight is 294 g/mol. The Morgan fingerprint density at radius 1 is 1.25 bits per heavy atom. The second-order valence-electron chi connectivity index (χ2n) is 4.96. The van der Waals surface area contributed by atoms with Crippen LogP contribution in [-0.4, -0.2) is 16.0 Å². The molecule has 0 aliphatic carbocycles. The average Bonchev–Trinajstić information content (AvgIpc) is 2.41. The summed E-state index contributed by atoms with van der Waals surface area (Å²) in [6.45, 7) is 4.92. The van der Waals surface area contributed by atoms with E-state index in [4.69, 9.17) is 11.6 Å². The van der Waals surface area contributed by atoms with E-state index in [0.717, 1.165) is 17.7 Å². The fraction of sp³-hybridized carbons (Fsp3) is 0.333. The maximum atomic E-state index is 13.0. The maximum absolute atomic E-state index is 13.0. The third kappa shape index (κ3) is 4.25. The molecule has 20 heavy (non-hydrogen) atoms. The molecule has 0 spiro atoms. The van der Waals surface area contributed by atoms with Crippen LogP contribution in [-0.2, 0) is 13.0 Å².